The van der Waals surface area contributed by atoms with Crippen LogP contribution in [0.25, 0.3) is 11.5 Å². The van der Waals surface area contributed by atoms with Crippen molar-refractivity contribution in [3.8, 4) is 11.5 Å². The van der Waals surface area contributed by atoms with Gasteiger partial charge < -0.3 is 15.5 Å². The molecule has 0 aliphatic heterocycles. The Labute approximate surface area is 111 Å². The third-order valence-electron chi connectivity index (χ3n) is 2.70. The van der Waals surface area contributed by atoms with Crippen LogP contribution in [0, 0.1) is 0 Å². The van der Waals surface area contributed by atoms with Gasteiger partial charge in [-0.05, 0) is 30.7 Å². The van der Waals surface area contributed by atoms with E-state index in [2.05, 4.69) is 15.5 Å². The van der Waals surface area contributed by atoms with Crippen LogP contribution in [0.15, 0.2) is 35.1 Å². The van der Waals surface area contributed by atoms with Crippen LogP contribution in [0.1, 0.15) is 19.8 Å². The first kappa shape index (κ1) is 13.2. The van der Waals surface area contributed by atoms with Gasteiger partial charge >= 0.3 is 0 Å². The summed E-state index contributed by atoms with van der Waals surface area (Å²) in [5.41, 5.74) is 7.23. The predicted molar refractivity (Wildman–Crippen MR) is 71.2 cm³/mol. The smallest absolute Gasteiger partial charge is 0.247 e. The monoisotopic (exact) mass is 260 g/mol. The summed E-state index contributed by atoms with van der Waals surface area (Å²) in [7, 11) is 0. The van der Waals surface area contributed by atoms with Gasteiger partial charge in [0.05, 0.1) is 6.04 Å². The molecule has 0 fully saturated rings. The topological polar surface area (TPSA) is 94.0 Å². The summed E-state index contributed by atoms with van der Waals surface area (Å²) >= 11 is 0. The Morgan fingerprint density at radius 2 is 2.16 bits per heavy atom. The molecule has 0 unspecified atom stereocenters. The minimum atomic E-state index is -0.472. The van der Waals surface area contributed by atoms with Gasteiger partial charge in [0.15, 0.2) is 0 Å². The zero-order valence-electron chi connectivity index (χ0n) is 10.7. The van der Waals surface area contributed by atoms with E-state index < -0.39 is 6.04 Å². The molecule has 0 radical (unpaired) electrons. The second kappa shape index (κ2) is 6.10. The zero-order chi connectivity index (χ0) is 13.7. The van der Waals surface area contributed by atoms with E-state index in [1.54, 1.807) is 24.3 Å². The molecule has 6 nitrogen and oxygen atoms in total. The molecule has 0 aliphatic carbocycles. The number of nitrogens with zero attached hydrogens (tertiary/aromatic N) is 2. The number of carbonyl (C=O) groups excluding carboxylic acids is 1. The van der Waals surface area contributed by atoms with Crippen molar-refractivity contribution in [3.63, 3.8) is 0 Å². The third-order valence-corrected chi connectivity index (χ3v) is 2.70. The van der Waals surface area contributed by atoms with Crippen LogP contribution in [0.2, 0.25) is 0 Å². The van der Waals surface area contributed by atoms with Crippen molar-refractivity contribution in [2.24, 2.45) is 5.73 Å². The van der Waals surface area contributed by atoms with Gasteiger partial charge in [-0.3, -0.25) is 4.79 Å². The van der Waals surface area contributed by atoms with Crippen molar-refractivity contribution in [2.45, 2.75) is 25.8 Å². The number of hydrogen-bond donors (Lipinski definition) is 2. The first-order chi connectivity index (χ1) is 9.20. The number of anilines is 1. The molecule has 100 valence electrons. The Morgan fingerprint density at radius 1 is 1.42 bits per heavy atom. The highest BCUT2D eigenvalue weighted by atomic mass is 16.4. The fourth-order valence-corrected chi connectivity index (χ4v) is 1.67. The van der Waals surface area contributed by atoms with Crippen molar-refractivity contribution < 1.29 is 9.21 Å². The molecule has 1 heterocycles. The molecular weight excluding hydrogens is 244 g/mol. The number of hydrogen-bond acceptors (Lipinski definition) is 5. The van der Waals surface area contributed by atoms with Crippen LogP contribution < -0.4 is 11.1 Å². The third kappa shape index (κ3) is 3.38. The zero-order valence-corrected chi connectivity index (χ0v) is 10.7. The van der Waals surface area contributed by atoms with Gasteiger partial charge in [-0.2, -0.15) is 0 Å². The predicted octanol–water partition coefficient (Wildman–Crippen LogP) is 1.80. The molecule has 0 aliphatic rings. The Balaban J connectivity index is 2.01. The van der Waals surface area contributed by atoms with Crippen LogP contribution in [-0.4, -0.2) is 22.1 Å². The van der Waals surface area contributed by atoms with Gasteiger partial charge in [-0.1, -0.05) is 13.3 Å². The fourth-order valence-electron chi connectivity index (χ4n) is 1.67. The van der Waals surface area contributed by atoms with Gasteiger partial charge in [0.2, 0.25) is 18.2 Å². The molecule has 0 saturated heterocycles. The maximum atomic E-state index is 11.7. The lowest BCUT2D eigenvalue weighted by Crippen LogP contribution is -2.35. The summed E-state index contributed by atoms with van der Waals surface area (Å²) in [6.07, 6.45) is 2.82. The Morgan fingerprint density at radius 3 is 2.74 bits per heavy atom. The van der Waals surface area contributed by atoms with E-state index in [-0.39, 0.29) is 5.91 Å². The van der Waals surface area contributed by atoms with Gasteiger partial charge in [0.1, 0.15) is 0 Å². The first-order valence-corrected chi connectivity index (χ1v) is 6.13. The Bertz CT molecular complexity index is 522. The van der Waals surface area contributed by atoms with Crippen molar-refractivity contribution in [3.05, 3.63) is 30.7 Å². The molecule has 1 amide bonds. The maximum absolute atomic E-state index is 11.7. The molecule has 1 aromatic carbocycles. The van der Waals surface area contributed by atoms with Gasteiger partial charge in [-0.15, -0.1) is 10.2 Å². The summed E-state index contributed by atoms with van der Waals surface area (Å²) in [4.78, 5) is 11.7. The standard InChI is InChI=1S/C13H16N4O2/c1-2-3-11(14)12(18)16-10-6-4-9(5-7-10)13-17-15-8-19-13/h4-8,11H,2-3,14H2,1H3,(H,16,18)/t11-/m0/s1. The van der Waals surface area contributed by atoms with Gasteiger partial charge in [0, 0.05) is 11.3 Å². The number of rotatable bonds is 5. The van der Waals surface area contributed by atoms with Gasteiger partial charge in [-0.25, -0.2) is 0 Å². The fraction of sp³-hybridized carbons (Fsp3) is 0.308. The lowest BCUT2D eigenvalue weighted by atomic mass is 10.1. The molecule has 0 saturated carbocycles. The van der Waals surface area contributed by atoms with Crippen LogP contribution in [0.5, 0.6) is 0 Å². The average Bonchev–Trinajstić information content (AvgIpc) is 2.94. The molecule has 0 spiro atoms. The van der Waals surface area contributed by atoms with E-state index in [9.17, 15) is 4.79 Å². The lowest BCUT2D eigenvalue weighted by molar-refractivity contribution is -0.117. The van der Waals surface area contributed by atoms with E-state index in [4.69, 9.17) is 10.2 Å². The minimum absolute atomic E-state index is 0.174. The molecule has 1 atom stereocenters. The molecule has 19 heavy (non-hydrogen) atoms. The molecular formula is C13H16N4O2. The second-order valence-electron chi connectivity index (χ2n) is 4.21. The summed E-state index contributed by atoms with van der Waals surface area (Å²) < 4.78 is 5.08. The van der Waals surface area contributed by atoms with E-state index in [1.165, 1.54) is 6.39 Å². The van der Waals surface area contributed by atoms with Crippen molar-refractivity contribution >= 4 is 11.6 Å². The number of aromatic nitrogens is 2. The van der Waals surface area contributed by atoms with Crippen molar-refractivity contribution in [1.82, 2.24) is 10.2 Å². The molecule has 6 heteroatoms. The normalized spacial score (nSPS) is 12.1. The SMILES string of the molecule is CCC[C@H](N)C(=O)Nc1ccc(-c2nnco2)cc1. The second-order valence-corrected chi connectivity index (χ2v) is 4.21. The molecule has 1 aromatic heterocycles. The van der Waals surface area contributed by atoms with E-state index in [1.807, 2.05) is 6.92 Å². The summed E-state index contributed by atoms with van der Waals surface area (Å²) in [5.74, 6) is 0.271. The molecule has 3 N–H and O–H groups in total. The average molecular weight is 260 g/mol. The lowest BCUT2D eigenvalue weighted by Gasteiger charge is -2.11. The number of carbonyl (C=O) groups is 1. The highest BCUT2D eigenvalue weighted by Gasteiger charge is 2.12. The van der Waals surface area contributed by atoms with Crippen LogP contribution in [-0.2, 0) is 4.79 Å². The summed E-state index contributed by atoms with van der Waals surface area (Å²) in [5, 5.41) is 10.2. The van der Waals surface area contributed by atoms with Gasteiger partial charge in [0.25, 0.3) is 0 Å². The first-order valence-electron chi connectivity index (χ1n) is 6.13. The minimum Gasteiger partial charge on any atom is -0.423 e. The van der Waals surface area contributed by atoms with Crippen LogP contribution in [0.3, 0.4) is 0 Å². The van der Waals surface area contributed by atoms with Crippen LogP contribution >= 0.6 is 0 Å². The number of benzene rings is 1. The largest absolute Gasteiger partial charge is 0.423 e. The summed E-state index contributed by atoms with van der Waals surface area (Å²) in [6.45, 7) is 1.99. The number of amides is 1. The Hall–Kier alpha value is -2.21. The Kier molecular flexibility index (Phi) is 4.25. The van der Waals surface area contributed by atoms with Crippen molar-refractivity contribution in [2.75, 3.05) is 5.32 Å². The highest BCUT2D eigenvalue weighted by Crippen LogP contribution is 2.18. The van der Waals surface area contributed by atoms with E-state index in [0.29, 0.717) is 18.0 Å². The maximum Gasteiger partial charge on any atom is 0.247 e. The highest BCUT2D eigenvalue weighted by molar-refractivity contribution is 5.94. The number of nitrogens with one attached hydrogen (secondary N) is 1. The van der Waals surface area contributed by atoms with E-state index in [0.717, 1.165) is 12.0 Å². The molecule has 2 aromatic rings. The quantitative estimate of drug-likeness (QED) is 0.854. The summed E-state index contributed by atoms with van der Waals surface area (Å²) in [6, 6.07) is 6.68. The van der Waals surface area contributed by atoms with E-state index >= 15 is 0 Å². The molecule has 2 rings (SSSR count). The molecule has 0 bridgehead atoms. The number of nitrogens with two attached hydrogens (primary N) is 1. The van der Waals surface area contributed by atoms with Crippen LogP contribution in [0.4, 0.5) is 5.69 Å². The van der Waals surface area contributed by atoms with Crippen molar-refractivity contribution in [1.29, 1.82) is 0 Å².